The van der Waals surface area contributed by atoms with E-state index < -0.39 is 5.82 Å². The molecule has 2 aromatic carbocycles. The van der Waals surface area contributed by atoms with Gasteiger partial charge in [0.25, 0.3) is 0 Å². The fourth-order valence-electron chi connectivity index (χ4n) is 1.87. The van der Waals surface area contributed by atoms with Gasteiger partial charge in [-0.1, -0.05) is 47.5 Å². The fourth-order valence-corrected chi connectivity index (χ4v) is 2.37. The van der Waals surface area contributed by atoms with Crippen molar-refractivity contribution in [1.82, 2.24) is 0 Å². The van der Waals surface area contributed by atoms with Crippen LogP contribution in [0.2, 0.25) is 5.02 Å². The van der Waals surface area contributed by atoms with Crippen LogP contribution in [-0.2, 0) is 6.42 Å². The van der Waals surface area contributed by atoms with Crippen LogP contribution in [0.15, 0.2) is 42.5 Å². The number of aryl methyl sites for hydroxylation is 1. The molecule has 0 nitrogen and oxygen atoms in total. The quantitative estimate of drug-likeness (QED) is 0.669. The van der Waals surface area contributed by atoms with Crippen molar-refractivity contribution in [2.75, 3.05) is 0 Å². The van der Waals surface area contributed by atoms with Crippen molar-refractivity contribution in [3.8, 4) is 0 Å². The molecule has 18 heavy (non-hydrogen) atoms. The minimum absolute atomic E-state index is 0.113. The van der Waals surface area contributed by atoms with E-state index in [1.807, 2.05) is 25.1 Å². The van der Waals surface area contributed by atoms with Crippen LogP contribution in [0.1, 0.15) is 22.1 Å². The second-order valence-electron chi connectivity index (χ2n) is 4.33. The molecule has 0 amide bonds. The molecule has 2 rings (SSSR count). The second-order valence-corrected chi connectivity index (χ2v) is 5.27. The Kier molecular flexibility index (Phi) is 4.26. The highest BCUT2D eigenvalue weighted by molar-refractivity contribution is 6.31. The zero-order chi connectivity index (χ0) is 13.1. The molecule has 0 aliphatic rings. The number of benzene rings is 2. The normalized spacial score (nSPS) is 12.4. The predicted molar refractivity (Wildman–Crippen MR) is 74.9 cm³/mol. The van der Waals surface area contributed by atoms with Crippen LogP contribution in [0.5, 0.6) is 0 Å². The molecule has 0 heterocycles. The van der Waals surface area contributed by atoms with E-state index in [0.29, 0.717) is 6.42 Å². The first-order valence-corrected chi connectivity index (χ1v) is 6.52. The maximum Gasteiger partial charge on any atom is 0.141 e. The zero-order valence-corrected chi connectivity index (χ0v) is 11.5. The third kappa shape index (κ3) is 3.24. The monoisotopic (exact) mass is 282 g/mol. The Morgan fingerprint density at radius 1 is 1.17 bits per heavy atom. The summed E-state index contributed by atoms with van der Waals surface area (Å²) in [6, 6.07) is 12.8. The molecule has 0 fully saturated rings. The first kappa shape index (κ1) is 13.4. The fraction of sp³-hybridized carbons (Fsp3) is 0.200. The van der Waals surface area contributed by atoms with Crippen molar-refractivity contribution in [1.29, 1.82) is 0 Å². The largest absolute Gasteiger partial charge is 0.205 e. The zero-order valence-electron chi connectivity index (χ0n) is 9.96. The highest BCUT2D eigenvalue weighted by Gasteiger charge is 2.11. The Morgan fingerprint density at radius 2 is 1.94 bits per heavy atom. The second kappa shape index (κ2) is 5.73. The number of halogens is 3. The maximum atomic E-state index is 13.1. The minimum Gasteiger partial charge on any atom is -0.205 e. The summed E-state index contributed by atoms with van der Waals surface area (Å²) in [6.07, 6.45) is 0.700. The predicted octanol–water partition coefficient (Wildman–Crippen LogP) is 5.31. The lowest BCUT2D eigenvalue weighted by molar-refractivity contribution is 0.627. The Balaban J connectivity index is 2.16. The topological polar surface area (TPSA) is 0 Å². The van der Waals surface area contributed by atoms with Gasteiger partial charge in [0.05, 0.1) is 10.4 Å². The Hall–Kier alpha value is -1.05. The summed E-state index contributed by atoms with van der Waals surface area (Å²) < 4.78 is 13.1. The summed E-state index contributed by atoms with van der Waals surface area (Å²) >= 11 is 12.1. The third-order valence-corrected chi connectivity index (χ3v) is 3.50. The number of hydrogen-bond donors (Lipinski definition) is 0. The van der Waals surface area contributed by atoms with Crippen LogP contribution in [0.25, 0.3) is 0 Å². The van der Waals surface area contributed by atoms with Crippen molar-refractivity contribution in [3.05, 3.63) is 70.0 Å². The van der Waals surface area contributed by atoms with Gasteiger partial charge in [-0.2, -0.15) is 0 Å². The van der Waals surface area contributed by atoms with Crippen molar-refractivity contribution in [2.24, 2.45) is 0 Å². The van der Waals surface area contributed by atoms with E-state index in [1.54, 1.807) is 12.1 Å². The van der Waals surface area contributed by atoms with Crippen LogP contribution in [0, 0.1) is 12.7 Å². The van der Waals surface area contributed by atoms with Crippen molar-refractivity contribution in [3.63, 3.8) is 0 Å². The van der Waals surface area contributed by atoms with Crippen molar-refractivity contribution >= 4 is 23.2 Å². The van der Waals surface area contributed by atoms with Gasteiger partial charge < -0.3 is 0 Å². The number of rotatable bonds is 3. The summed E-state index contributed by atoms with van der Waals surface area (Å²) in [5.41, 5.74) is 3.20. The van der Waals surface area contributed by atoms with Gasteiger partial charge in [-0.05, 0) is 36.6 Å². The molecule has 3 heteroatoms. The Morgan fingerprint density at radius 3 is 2.61 bits per heavy atom. The smallest absolute Gasteiger partial charge is 0.141 e. The van der Waals surface area contributed by atoms with E-state index in [9.17, 15) is 4.39 Å². The first-order chi connectivity index (χ1) is 8.56. The van der Waals surface area contributed by atoms with E-state index in [-0.39, 0.29) is 10.4 Å². The summed E-state index contributed by atoms with van der Waals surface area (Å²) in [6.45, 7) is 2.04. The summed E-state index contributed by atoms with van der Waals surface area (Å²) in [4.78, 5) is 0. The van der Waals surface area contributed by atoms with Gasteiger partial charge >= 0.3 is 0 Å². The molecule has 1 atom stereocenters. The maximum absolute atomic E-state index is 13.1. The molecule has 0 saturated carbocycles. The molecule has 94 valence electrons. The van der Waals surface area contributed by atoms with Crippen molar-refractivity contribution in [2.45, 2.75) is 18.7 Å². The average molecular weight is 283 g/mol. The van der Waals surface area contributed by atoms with Crippen LogP contribution >= 0.6 is 23.2 Å². The lowest BCUT2D eigenvalue weighted by Gasteiger charge is -2.11. The lowest BCUT2D eigenvalue weighted by Crippen LogP contribution is -1.97. The summed E-state index contributed by atoms with van der Waals surface area (Å²) in [5.74, 6) is -0.417. The third-order valence-electron chi connectivity index (χ3n) is 2.80. The number of hydrogen-bond acceptors (Lipinski definition) is 0. The molecule has 2 aromatic rings. The molecule has 0 N–H and O–H groups in total. The van der Waals surface area contributed by atoms with Crippen LogP contribution in [0.3, 0.4) is 0 Å². The van der Waals surface area contributed by atoms with Crippen molar-refractivity contribution < 1.29 is 4.39 Å². The summed E-state index contributed by atoms with van der Waals surface area (Å²) in [7, 11) is 0. The lowest BCUT2D eigenvalue weighted by atomic mass is 10.0. The molecule has 0 radical (unpaired) electrons. The molecule has 0 aromatic heterocycles. The van der Waals surface area contributed by atoms with Gasteiger partial charge in [0.15, 0.2) is 0 Å². The Bertz CT molecular complexity index is 552. The standard InChI is InChI=1S/C15H13Cl2F/c1-10-3-2-4-11(7-10)8-13(16)12-5-6-15(18)14(17)9-12/h2-7,9,13H,8H2,1H3. The molecule has 0 aliphatic heterocycles. The van der Waals surface area contributed by atoms with E-state index in [0.717, 1.165) is 11.1 Å². The highest BCUT2D eigenvalue weighted by atomic mass is 35.5. The van der Waals surface area contributed by atoms with Gasteiger partial charge in [-0.3, -0.25) is 0 Å². The summed E-state index contributed by atoms with van der Waals surface area (Å²) in [5, 5.41) is -0.0905. The van der Waals surface area contributed by atoms with E-state index in [2.05, 4.69) is 6.07 Å². The molecule has 0 bridgehead atoms. The molecule has 0 spiro atoms. The van der Waals surface area contributed by atoms with E-state index in [1.165, 1.54) is 11.6 Å². The molecule has 0 saturated heterocycles. The molecule has 0 aliphatic carbocycles. The van der Waals surface area contributed by atoms with Gasteiger partial charge in [0.1, 0.15) is 5.82 Å². The van der Waals surface area contributed by atoms with Gasteiger partial charge in [-0.15, -0.1) is 11.6 Å². The minimum atomic E-state index is -0.417. The van der Waals surface area contributed by atoms with Crippen LogP contribution in [0.4, 0.5) is 4.39 Å². The molecular weight excluding hydrogens is 270 g/mol. The first-order valence-electron chi connectivity index (χ1n) is 5.71. The van der Waals surface area contributed by atoms with Gasteiger partial charge in [-0.25, -0.2) is 4.39 Å². The van der Waals surface area contributed by atoms with E-state index >= 15 is 0 Å². The van der Waals surface area contributed by atoms with Gasteiger partial charge in [0, 0.05) is 0 Å². The SMILES string of the molecule is Cc1cccc(CC(Cl)c2ccc(F)c(Cl)c2)c1. The Labute approximate surface area is 116 Å². The molecular formula is C15H13Cl2F. The average Bonchev–Trinajstić information content (AvgIpc) is 2.32. The molecule has 1 unspecified atom stereocenters. The van der Waals surface area contributed by atoms with E-state index in [4.69, 9.17) is 23.2 Å². The number of alkyl halides is 1. The highest BCUT2D eigenvalue weighted by Crippen LogP contribution is 2.28. The van der Waals surface area contributed by atoms with Gasteiger partial charge in [0.2, 0.25) is 0 Å². The van der Waals surface area contributed by atoms with Crippen LogP contribution in [-0.4, -0.2) is 0 Å². The van der Waals surface area contributed by atoms with Crippen LogP contribution < -0.4 is 0 Å².